The molecule has 4 aliphatic rings. The molecule has 4 heterocycles. The van der Waals surface area contributed by atoms with E-state index >= 15 is 0 Å². The van der Waals surface area contributed by atoms with Crippen LogP contribution >= 0.6 is 0 Å². The molecule has 0 bridgehead atoms. The molecule has 2 aliphatic carbocycles. The number of rotatable bonds is 3. The lowest BCUT2D eigenvalue weighted by atomic mass is 9.45. The highest BCUT2D eigenvalue weighted by atomic mass is 16.3. The largest absolute Gasteiger partial charge is 0.466 e. The van der Waals surface area contributed by atoms with Gasteiger partial charge in [-0.2, -0.15) is 0 Å². The molecule has 0 fully saturated rings. The third-order valence-electron chi connectivity index (χ3n) is 17.6. The van der Waals surface area contributed by atoms with E-state index in [4.69, 9.17) is 8.83 Å². The summed E-state index contributed by atoms with van der Waals surface area (Å²) in [7, 11) is 0. The fourth-order valence-electron chi connectivity index (χ4n) is 13.2. The highest BCUT2D eigenvalue weighted by molar-refractivity contribution is 6.93. The van der Waals surface area contributed by atoms with Gasteiger partial charge in [0.05, 0.1) is 11.4 Å². The fraction of sp³-hybridized carbons (Fsp3) is 0.323. The molecule has 9 aromatic rings. The maximum atomic E-state index is 7.78. The van der Waals surface area contributed by atoms with E-state index in [-0.39, 0.29) is 33.9 Å². The van der Waals surface area contributed by atoms with Crippen LogP contribution in [0, 0.1) is 6.92 Å². The first kappa shape index (κ1) is 43.6. The van der Waals surface area contributed by atoms with Gasteiger partial charge >= 0.3 is 6.85 Å². The van der Waals surface area contributed by atoms with Crippen molar-refractivity contribution in [3.8, 4) is 22.3 Å². The Hall–Kier alpha value is -6.46. The number of furan rings is 2. The molecular weight excluding hydrogens is 852 g/mol. The molecule has 350 valence electrons. The standard InChI is InChI=1S/C65H65BN2O2/c1-38-22-25-43-52(32-38)68(41-24-26-47-48(34-41)63(7,8)29-28-62(47,5)6)66-57-53(36-45-42-20-16-17-21-54(42)69-59(45)56(43)57)67(51-27-23-40(61(2,3)4)33-44(51)39-18-14-13-15-19-39)58-46-35-49-50(37-55(46)70-60(58)66)65(11,12)31-30-64(49,9)10/h13-27,32-37H,28-31H2,1-12H3. The summed E-state index contributed by atoms with van der Waals surface area (Å²) in [6.45, 7) is 28.4. The Balaban J connectivity index is 1.22. The normalized spacial score (nSPS) is 18.1. The number of nitrogens with zero attached hydrogens (tertiary/aromatic N) is 2. The molecule has 5 heteroatoms. The summed E-state index contributed by atoms with van der Waals surface area (Å²) in [5.41, 5.74) is 23.7. The van der Waals surface area contributed by atoms with Gasteiger partial charge in [0.15, 0.2) is 0 Å². The number of aryl methyl sites for hydroxylation is 1. The van der Waals surface area contributed by atoms with Crippen molar-refractivity contribution in [1.82, 2.24) is 0 Å². The lowest BCUT2D eigenvalue weighted by Crippen LogP contribution is -2.61. The van der Waals surface area contributed by atoms with Crippen LogP contribution in [0.25, 0.3) is 55.2 Å². The van der Waals surface area contributed by atoms with E-state index in [2.05, 4.69) is 220 Å². The number of anilines is 5. The molecule has 7 aromatic carbocycles. The van der Waals surface area contributed by atoms with E-state index in [9.17, 15) is 0 Å². The Bertz CT molecular complexity index is 3690. The zero-order valence-electron chi connectivity index (χ0n) is 43.2. The molecule has 2 aliphatic heterocycles. The van der Waals surface area contributed by atoms with Crippen LogP contribution in [0.4, 0.5) is 28.4 Å². The van der Waals surface area contributed by atoms with Crippen LogP contribution in [0.3, 0.4) is 0 Å². The third-order valence-corrected chi connectivity index (χ3v) is 17.6. The molecule has 4 nitrogen and oxygen atoms in total. The molecule has 70 heavy (non-hydrogen) atoms. The maximum absolute atomic E-state index is 7.78. The van der Waals surface area contributed by atoms with E-state index in [1.54, 1.807) is 0 Å². The quantitative estimate of drug-likeness (QED) is 0.165. The van der Waals surface area contributed by atoms with Crippen LogP contribution < -0.4 is 20.8 Å². The van der Waals surface area contributed by atoms with Gasteiger partial charge in [-0.25, -0.2) is 0 Å². The van der Waals surface area contributed by atoms with Gasteiger partial charge in [-0.3, -0.25) is 0 Å². The van der Waals surface area contributed by atoms with Crippen molar-refractivity contribution in [3.05, 3.63) is 161 Å². The highest BCUT2D eigenvalue weighted by Crippen LogP contribution is 2.56. The van der Waals surface area contributed by atoms with Gasteiger partial charge in [-0.15, -0.1) is 0 Å². The first-order valence-electron chi connectivity index (χ1n) is 25.9. The van der Waals surface area contributed by atoms with Gasteiger partial charge < -0.3 is 18.5 Å². The summed E-state index contributed by atoms with van der Waals surface area (Å²) in [4.78, 5) is 5.25. The second-order valence-electron chi connectivity index (χ2n) is 25.1. The van der Waals surface area contributed by atoms with Crippen LogP contribution in [0.5, 0.6) is 0 Å². The molecule has 0 saturated carbocycles. The maximum Gasteiger partial charge on any atom is 0.376 e. The Labute approximate surface area is 414 Å². The van der Waals surface area contributed by atoms with Crippen LogP contribution in [0.2, 0.25) is 0 Å². The summed E-state index contributed by atoms with van der Waals surface area (Å²) in [5, 5.41) is 3.40. The zero-order chi connectivity index (χ0) is 48.6. The second kappa shape index (κ2) is 14.3. The molecule has 0 saturated heterocycles. The highest BCUT2D eigenvalue weighted by Gasteiger charge is 2.51. The zero-order valence-corrected chi connectivity index (χ0v) is 43.2. The van der Waals surface area contributed by atoms with Crippen molar-refractivity contribution in [1.29, 1.82) is 0 Å². The minimum atomic E-state index is -0.319. The first-order chi connectivity index (χ1) is 33.2. The van der Waals surface area contributed by atoms with E-state index in [1.165, 1.54) is 73.3 Å². The van der Waals surface area contributed by atoms with Gasteiger partial charge in [-0.1, -0.05) is 149 Å². The fourth-order valence-corrected chi connectivity index (χ4v) is 13.2. The average molecular weight is 917 g/mol. The monoisotopic (exact) mass is 917 g/mol. The van der Waals surface area contributed by atoms with Gasteiger partial charge in [0.1, 0.15) is 22.4 Å². The summed E-state index contributed by atoms with van der Waals surface area (Å²) >= 11 is 0. The lowest BCUT2D eigenvalue weighted by Gasteiger charge is -2.46. The van der Waals surface area contributed by atoms with Crippen LogP contribution in [-0.2, 0) is 27.1 Å². The number of benzene rings is 7. The number of hydrogen-bond donors (Lipinski definition) is 0. The summed E-state index contributed by atoms with van der Waals surface area (Å²) in [6.07, 6.45) is 4.57. The molecule has 0 spiro atoms. The van der Waals surface area contributed by atoms with Gasteiger partial charge in [-0.05, 0) is 159 Å². The third kappa shape index (κ3) is 6.15. The molecule has 0 unspecified atom stereocenters. The van der Waals surface area contributed by atoms with Gasteiger partial charge in [0, 0.05) is 49.9 Å². The van der Waals surface area contributed by atoms with E-state index in [0.717, 1.165) is 80.5 Å². The Morgan fingerprint density at radius 2 is 1.17 bits per heavy atom. The minimum absolute atomic E-state index is 0.00372. The van der Waals surface area contributed by atoms with E-state index in [1.807, 2.05) is 0 Å². The van der Waals surface area contributed by atoms with Crippen LogP contribution in [0.15, 0.2) is 136 Å². The second-order valence-corrected chi connectivity index (χ2v) is 25.1. The number of fused-ring (bicyclic) bond motifs is 12. The molecule has 0 N–H and O–H groups in total. The molecule has 0 radical (unpaired) electrons. The van der Waals surface area contributed by atoms with Crippen molar-refractivity contribution in [3.63, 3.8) is 0 Å². The molecule has 0 amide bonds. The Kier molecular flexibility index (Phi) is 8.92. The van der Waals surface area contributed by atoms with Crippen LogP contribution in [-0.4, -0.2) is 6.85 Å². The van der Waals surface area contributed by atoms with Crippen molar-refractivity contribution in [2.24, 2.45) is 0 Å². The molecular formula is C65H65BN2O2. The summed E-state index contributed by atoms with van der Waals surface area (Å²) < 4.78 is 14.9. The first-order valence-corrected chi connectivity index (χ1v) is 25.9. The smallest absolute Gasteiger partial charge is 0.376 e. The molecule has 0 atom stereocenters. The SMILES string of the molecule is Cc1ccc2c(c1)N(c1ccc3c(c1)C(C)(C)CCC3(C)C)B1c3oc4cc5c(cc4c3N(c3ccc(C(C)(C)C)cc3-c3ccccc3)c3cc4c(oc6ccccc64)c-2c31)C(C)(C)CCC5(C)C. The van der Waals surface area contributed by atoms with Crippen molar-refractivity contribution in [2.75, 3.05) is 9.71 Å². The molecule has 2 aromatic heterocycles. The lowest BCUT2D eigenvalue weighted by molar-refractivity contribution is 0.332. The van der Waals surface area contributed by atoms with E-state index in [0.29, 0.717) is 0 Å². The summed E-state index contributed by atoms with van der Waals surface area (Å²) in [6, 6.07) is 48.7. The predicted octanol–water partition coefficient (Wildman–Crippen LogP) is 17.0. The Morgan fingerprint density at radius 3 is 1.89 bits per heavy atom. The molecule has 13 rings (SSSR count). The number of para-hydroxylation sites is 1. The average Bonchev–Trinajstić information content (AvgIpc) is 3.90. The van der Waals surface area contributed by atoms with Crippen molar-refractivity contribution < 1.29 is 8.83 Å². The summed E-state index contributed by atoms with van der Waals surface area (Å²) in [5.74, 6) is 0. The number of hydrogen-bond acceptors (Lipinski definition) is 4. The minimum Gasteiger partial charge on any atom is -0.466 e. The van der Waals surface area contributed by atoms with Crippen molar-refractivity contribution in [2.45, 2.75) is 136 Å². The predicted molar refractivity (Wildman–Crippen MR) is 297 cm³/mol. The van der Waals surface area contributed by atoms with Gasteiger partial charge in [0.2, 0.25) is 0 Å². The van der Waals surface area contributed by atoms with Gasteiger partial charge in [0.25, 0.3) is 0 Å². The topological polar surface area (TPSA) is 32.8 Å². The van der Waals surface area contributed by atoms with Crippen LogP contribution in [0.1, 0.15) is 135 Å². The van der Waals surface area contributed by atoms with Crippen molar-refractivity contribution >= 4 is 79.3 Å². The Morgan fingerprint density at radius 1 is 0.514 bits per heavy atom. The van der Waals surface area contributed by atoms with E-state index < -0.39 is 0 Å².